The van der Waals surface area contributed by atoms with Crippen molar-refractivity contribution < 1.29 is 9.47 Å². The molecule has 22 heavy (non-hydrogen) atoms. The molecule has 2 aliphatic rings. The number of benzene rings is 1. The summed E-state index contributed by atoms with van der Waals surface area (Å²) in [6.07, 6.45) is 3.40. The number of nitrogens with zero attached hydrogens (tertiary/aromatic N) is 2. The summed E-state index contributed by atoms with van der Waals surface area (Å²) in [6.45, 7) is 6.28. The van der Waals surface area contributed by atoms with Crippen LogP contribution in [0.25, 0.3) is 0 Å². The molecular formula is C17H25N3O2. The van der Waals surface area contributed by atoms with Crippen LogP contribution < -0.4 is 15.2 Å². The molecule has 1 saturated heterocycles. The van der Waals surface area contributed by atoms with Crippen LogP contribution in [0, 0.1) is 5.92 Å². The summed E-state index contributed by atoms with van der Waals surface area (Å²) in [5.41, 5.74) is 7.24. The monoisotopic (exact) mass is 303 g/mol. The van der Waals surface area contributed by atoms with Crippen molar-refractivity contribution in [2.45, 2.75) is 32.7 Å². The van der Waals surface area contributed by atoms with Crippen LogP contribution in [0.1, 0.15) is 31.7 Å². The van der Waals surface area contributed by atoms with E-state index in [9.17, 15) is 0 Å². The molecule has 5 heteroatoms. The quantitative estimate of drug-likeness (QED) is 0.673. The molecule has 1 aromatic rings. The first-order chi connectivity index (χ1) is 10.7. The maximum atomic E-state index is 6.14. The second kappa shape index (κ2) is 6.90. The van der Waals surface area contributed by atoms with Gasteiger partial charge < -0.3 is 20.1 Å². The van der Waals surface area contributed by atoms with Crippen molar-refractivity contribution in [3.8, 4) is 11.5 Å². The van der Waals surface area contributed by atoms with Crippen LogP contribution in [0.15, 0.2) is 23.2 Å². The summed E-state index contributed by atoms with van der Waals surface area (Å²) < 4.78 is 11.4. The summed E-state index contributed by atoms with van der Waals surface area (Å²) in [4.78, 5) is 6.74. The molecule has 0 radical (unpaired) electrons. The fourth-order valence-electron chi connectivity index (χ4n) is 2.98. The Morgan fingerprint density at radius 3 is 2.91 bits per heavy atom. The Bertz CT molecular complexity index is 545. The highest BCUT2D eigenvalue weighted by molar-refractivity contribution is 5.78. The van der Waals surface area contributed by atoms with Crippen molar-refractivity contribution in [1.82, 2.24) is 4.90 Å². The fraction of sp³-hybridized carbons (Fsp3) is 0.588. The minimum atomic E-state index is 0.577. The van der Waals surface area contributed by atoms with E-state index in [1.807, 2.05) is 18.2 Å². The van der Waals surface area contributed by atoms with Crippen molar-refractivity contribution >= 4 is 5.96 Å². The molecule has 1 aromatic carbocycles. The van der Waals surface area contributed by atoms with Crippen LogP contribution in [0.3, 0.4) is 0 Å². The molecule has 2 N–H and O–H groups in total. The third-order valence-electron chi connectivity index (χ3n) is 4.22. The molecule has 3 rings (SSSR count). The standard InChI is InChI=1S/C17H25N3O2/c1-13-4-2-7-20(12-13)17(18)19-11-14-5-6-15-16(10-14)22-9-3-8-21-15/h5-6,10,13H,2-4,7-9,11-12H2,1H3,(H2,18,19). The van der Waals surface area contributed by atoms with Crippen LogP contribution in [0.4, 0.5) is 0 Å². The van der Waals surface area contributed by atoms with Gasteiger partial charge in [0, 0.05) is 19.5 Å². The molecule has 5 nitrogen and oxygen atoms in total. The predicted octanol–water partition coefficient (Wildman–Crippen LogP) is 2.39. The molecule has 0 bridgehead atoms. The average molecular weight is 303 g/mol. The number of piperidine rings is 1. The van der Waals surface area contributed by atoms with Crippen LogP contribution in [-0.4, -0.2) is 37.2 Å². The average Bonchev–Trinajstić information content (AvgIpc) is 2.77. The lowest BCUT2D eigenvalue weighted by molar-refractivity contribution is 0.270. The van der Waals surface area contributed by atoms with Gasteiger partial charge in [-0.2, -0.15) is 0 Å². The van der Waals surface area contributed by atoms with E-state index in [4.69, 9.17) is 15.2 Å². The lowest BCUT2D eigenvalue weighted by atomic mass is 10.0. The third-order valence-corrected chi connectivity index (χ3v) is 4.22. The first kappa shape index (κ1) is 15.0. The number of fused-ring (bicyclic) bond motifs is 1. The number of ether oxygens (including phenoxy) is 2. The molecule has 0 amide bonds. The van der Waals surface area contributed by atoms with Gasteiger partial charge >= 0.3 is 0 Å². The van der Waals surface area contributed by atoms with Crippen LogP contribution in [0.2, 0.25) is 0 Å². The molecule has 0 aromatic heterocycles. The van der Waals surface area contributed by atoms with Gasteiger partial charge in [-0.25, -0.2) is 4.99 Å². The van der Waals surface area contributed by atoms with Gasteiger partial charge in [0.05, 0.1) is 19.8 Å². The fourth-order valence-corrected chi connectivity index (χ4v) is 2.98. The van der Waals surface area contributed by atoms with Crippen LogP contribution >= 0.6 is 0 Å². The van der Waals surface area contributed by atoms with Gasteiger partial charge in [0.15, 0.2) is 17.5 Å². The van der Waals surface area contributed by atoms with E-state index in [2.05, 4.69) is 16.8 Å². The van der Waals surface area contributed by atoms with Gasteiger partial charge in [-0.15, -0.1) is 0 Å². The molecule has 1 fully saturated rings. The van der Waals surface area contributed by atoms with Crippen LogP contribution in [-0.2, 0) is 6.54 Å². The number of hydrogen-bond acceptors (Lipinski definition) is 3. The normalized spacial score (nSPS) is 22.3. The number of rotatable bonds is 2. The Morgan fingerprint density at radius 2 is 2.09 bits per heavy atom. The first-order valence-corrected chi connectivity index (χ1v) is 8.16. The van der Waals surface area contributed by atoms with Crippen molar-refractivity contribution in [3.05, 3.63) is 23.8 Å². The van der Waals surface area contributed by atoms with Gasteiger partial charge in [-0.3, -0.25) is 0 Å². The van der Waals surface area contributed by atoms with E-state index in [1.165, 1.54) is 12.8 Å². The minimum Gasteiger partial charge on any atom is -0.490 e. The van der Waals surface area contributed by atoms with E-state index in [0.717, 1.165) is 36.6 Å². The van der Waals surface area contributed by atoms with E-state index >= 15 is 0 Å². The topological polar surface area (TPSA) is 60.1 Å². The van der Waals surface area contributed by atoms with Crippen LogP contribution in [0.5, 0.6) is 11.5 Å². The molecule has 0 aliphatic carbocycles. The largest absolute Gasteiger partial charge is 0.490 e. The predicted molar refractivity (Wildman–Crippen MR) is 87.3 cm³/mol. The van der Waals surface area contributed by atoms with E-state index in [0.29, 0.717) is 31.6 Å². The zero-order valence-electron chi connectivity index (χ0n) is 13.3. The second-order valence-corrected chi connectivity index (χ2v) is 6.20. The maximum absolute atomic E-state index is 6.14. The number of guanidine groups is 1. The highest BCUT2D eigenvalue weighted by Crippen LogP contribution is 2.30. The summed E-state index contributed by atoms with van der Waals surface area (Å²) in [7, 11) is 0. The zero-order valence-corrected chi connectivity index (χ0v) is 13.3. The highest BCUT2D eigenvalue weighted by Gasteiger charge is 2.17. The van der Waals surface area contributed by atoms with E-state index in [1.54, 1.807) is 0 Å². The Kier molecular flexibility index (Phi) is 4.71. The second-order valence-electron chi connectivity index (χ2n) is 6.20. The van der Waals surface area contributed by atoms with E-state index < -0.39 is 0 Å². The van der Waals surface area contributed by atoms with Gasteiger partial charge in [0.1, 0.15) is 0 Å². The number of nitrogens with two attached hydrogens (primary N) is 1. The zero-order chi connectivity index (χ0) is 15.4. The summed E-state index contributed by atoms with van der Waals surface area (Å²) in [5.74, 6) is 2.98. The van der Waals surface area contributed by atoms with Gasteiger partial charge in [-0.05, 0) is 36.5 Å². The van der Waals surface area contributed by atoms with Gasteiger partial charge in [-0.1, -0.05) is 13.0 Å². The summed E-state index contributed by atoms with van der Waals surface area (Å²) in [5, 5.41) is 0. The van der Waals surface area contributed by atoms with E-state index in [-0.39, 0.29) is 0 Å². The minimum absolute atomic E-state index is 0.577. The number of hydrogen-bond donors (Lipinski definition) is 1. The smallest absolute Gasteiger partial charge is 0.191 e. The lowest BCUT2D eigenvalue weighted by Gasteiger charge is -2.31. The molecule has 1 atom stereocenters. The number of likely N-dealkylation sites (tertiary alicyclic amines) is 1. The molecule has 2 heterocycles. The summed E-state index contributed by atoms with van der Waals surface area (Å²) in [6, 6.07) is 6.00. The molecule has 2 aliphatic heterocycles. The first-order valence-electron chi connectivity index (χ1n) is 8.16. The Hall–Kier alpha value is -1.91. The Balaban J connectivity index is 1.65. The van der Waals surface area contributed by atoms with Gasteiger partial charge in [0.2, 0.25) is 0 Å². The molecule has 120 valence electrons. The Morgan fingerprint density at radius 1 is 1.27 bits per heavy atom. The Labute approximate surface area is 132 Å². The third kappa shape index (κ3) is 3.64. The molecule has 0 spiro atoms. The maximum Gasteiger partial charge on any atom is 0.191 e. The molecular weight excluding hydrogens is 278 g/mol. The van der Waals surface area contributed by atoms with Gasteiger partial charge in [0.25, 0.3) is 0 Å². The number of aliphatic imine (C=N–C) groups is 1. The summed E-state index contributed by atoms with van der Waals surface area (Å²) >= 11 is 0. The van der Waals surface area contributed by atoms with Crippen molar-refractivity contribution in [1.29, 1.82) is 0 Å². The SMILES string of the molecule is CC1CCCN(C(N)=NCc2ccc3c(c2)OCCCO3)C1. The molecule has 0 saturated carbocycles. The highest BCUT2D eigenvalue weighted by atomic mass is 16.5. The lowest BCUT2D eigenvalue weighted by Crippen LogP contribution is -2.43. The van der Waals surface area contributed by atoms with Crippen molar-refractivity contribution in [3.63, 3.8) is 0 Å². The molecule has 1 unspecified atom stereocenters. The van der Waals surface area contributed by atoms with Crippen molar-refractivity contribution in [2.24, 2.45) is 16.6 Å². The van der Waals surface area contributed by atoms with Crippen molar-refractivity contribution in [2.75, 3.05) is 26.3 Å².